The van der Waals surface area contributed by atoms with Gasteiger partial charge in [0.2, 0.25) is 5.91 Å². The third-order valence-electron chi connectivity index (χ3n) is 5.59. The van der Waals surface area contributed by atoms with Crippen molar-refractivity contribution >= 4 is 40.0 Å². The first-order valence-corrected chi connectivity index (χ1v) is 13.7. The molecule has 1 N–H and O–H groups in total. The van der Waals surface area contributed by atoms with Crippen LogP contribution in [-0.4, -0.2) is 39.5 Å². The maximum absolute atomic E-state index is 12.9. The minimum atomic E-state index is -0.506. The fourth-order valence-corrected chi connectivity index (χ4v) is 5.43. The second kappa shape index (κ2) is 12.6. The van der Waals surface area contributed by atoms with Crippen LogP contribution < -0.4 is 10.1 Å². The average Bonchev–Trinajstić information content (AvgIpc) is 3.50. The molecule has 0 fully saturated rings. The Morgan fingerprint density at radius 2 is 1.92 bits per heavy atom. The first kappa shape index (κ1) is 27.2. The van der Waals surface area contributed by atoms with Crippen molar-refractivity contribution in [3.8, 4) is 16.9 Å². The van der Waals surface area contributed by atoms with Crippen molar-refractivity contribution in [2.45, 2.75) is 32.2 Å². The smallest absolute Gasteiger partial charge is 0.341 e. The van der Waals surface area contributed by atoms with Crippen LogP contribution in [-0.2, 0) is 22.7 Å². The Morgan fingerprint density at radius 1 is 1.13 bits per heavy atom. The van der Waals surface area contributed by atoms with Gasteiger partial charge in [-0.2, -0.15) is 0 Å². The average molecular weight is 549 g/mol. The van der Waals surface area contributed by atoms with Gasteiger partial charge in [0.05, 0.1) is 12.9 Å². The van der Waals surface area contributed by atoms with E-state index in [-0.39, 0.29) is 18.3 Å². The lowest BCUT2D eigenvalue weighted by Gasteiger charge is -2.10. The summed E-state index contributed by atoms with van der Waals surface area (Å²) in [5.74, 6) is 0.668. The number of thioether (sulfide) groups is 1. The van der Waals surface area contributed by atoms with E-state index in [0.717, 1.165) is 22.4 Å². The van der Waals surface area contributed by atoms with Gasteiger partial charge in [-0.1, -0.05) is 59.8 Å². The summed E-state index contributed by atoms with van der Waals surface area (Å²) in [6.07, 6.45) is 1.74. The van der Waals surface area contributed by atoms with Gasteiger partial charge in [-0.15, -0.1) is 28.1 Å². The van der Waals surface area contributed by atoms with E-state index < -0.39 is 5.97 Å². The van der Waals surface area contributed by atoms with Crippen LogP contribution in [0.2, 0.25) is 0 Å². The van der Waals surface area contributed by atoms with Crippen molar-refractivity contribution in [1.29, 1.82) is 0 Å². The van der Waals surface area contributed by atoms with Crippen molar-refractivity contribution in [2.24, 2.45) is 0 Å². The quantitative estimate of drug-likeness (QED) is 0.142. The van der Waals surface area contributed by atoms with Gasteiger partial charge < -0.3 is 14.8 Å². The molecule has 2 heterocycles. The summed E-state index contributed by atoms with van der Waals surface area (Å²) in [5.41, 5.74) is 4.15. The monoisotopic (exact) mass is 548 g/mol. The van der Waals surface area contributed by atoms with Crippen LogP contribution in [0.4, 0.5) is 5.00 Å². The van der Waals surface area contributed by atoms with Crippen molar-refractivity contribution in [2.75, 3.05) is 18.2 Å². The second-order valence-corrected chi connectivity index (χ2v) is 10.3. The second-order valence-electron chi connectivity index (χ2n) is 8.45. The van der Waals surface area contributed by atoms with E-state index in [4.69, 9.17) is 9.47 Å². The zero-order valence-electron chi connectivity index (χ0n) is 21.4. The van der Waals surface area contributed by atoms with Crippen LogP contribution in [0.15, 0.2) is 71.7 Å². The number of hydrogen-bond acceptors (Lipinski definition) is 8. The van der Waals surface area contributed by atoms with Crippen molar-refractivity contribution in [3.05, 3.63) is 89.1 Å². The lowest BCUT2D eigenvalue weighted by Crippen LogP contribution is -2.16. The molecule has 1 amide bonds. The summed E-state index contributed by atoms with van der Waals surface area (Å²) >= 11 is 2.53. The molecule has 0 saturated carbocycles. The molecule has 2 aromatic carbocycles. The number of anilines is 1. The molecule has 0 radical (unpaired) electrons. The number of benzene rings is 2. The van der Waals surface area contributed by atoms with Gasteiger partial charge in [0.15, 0.2) is 11.0 Å². The maximum Gasteiger partial charge on any atom is 0.341 e. The van der Waals surface area contributed by atoms with E-state index in [0.29, 0.717) is 33.7 Å². The van der Waals surface area contributed by atoms with Gasteiger partial charge in [-0.25, -0.2) is 4.79 Å². The Kier molecular flexibility index (Phi) is 8.98. The molecule has 0 bridgehead atoms. The highest BCUT2D eigenvalue weighted by Crippen LogP contribution is 2.36. The van der Waals surface area contributed by atoms with Crippen LogP contribution in [0.3, 0.4) is 0 Å². The van der Waals surface area contributed by atoms with Crippen LogP contribution in [0.5, 0.6) is 5.75 Å². The number of ether oxygens (including phenoxy) is 2. The van der Waals surface area contributed by atoms with Gasteiger partial charge in [-0.05, 0) is 37.1 Å². The Bertz CT molecular complexity index is 1440. The molecule has 0 aliphatic carbocycles. The molecular formula is C28H28N4O4S2. The summed E-state index contributed by atoms with van der Waals surface area (Å²) < 4.78 is 12.8. The van der Waals surface area contributed by atoms with Crippen LogP contribution in [0.1, 0.15) is 27.3 Å². The highest BCUT2D eigenvalue weighted by Gasteiger charge is 2.23. The van der Waals surface area contributed by atoms with E-state index in [9.17, 15) is 9.59 Å². The Morgan fingerprint density at radius 3 is 2.63 bits per heavy atom. The van der Waals surface area contributed by atoms with Gasteiger partial charge in [0.1, 0.15) is 22.9 Å². The molecule has 196 valence electrons. The Balaban J connectivity index is 1.45. The molecule has 0 atom stereocenters. The van der Waals surface area contributed by atoms with Crippen LogP contribution >= 0.6 is 23.1 Å². The molecular weight excluding hydrogens is 520 g/mol. The minimum Gasteiger partial charge on any atom is -0.486 e. The third-order valence-corrected chi connectivity index (χ3v) is 7.45. The molecule has 4 aromatic rings. The number of amides is 1. The number of rotatable bonds is 11. The van der Waals surface area contributed by atoms with Crippen LogP contribution in [0.25, 0.3) is 11.1 Å². The number of aromatic nitrogens is 3. The van der Waals surface area contributed by atoms with Gasteiger partial charge >= 0.3 is 5.97 Å². The largest absolute Gasteiger partial charge is 0.486 e. The van der Waals surface area contributed by atoms with Crippen molar-refractivity contribution in [1.82, 2.24) is 14.8 Å². The van der Waals surface area contributed by atoms with E-state index in [1.807, 2.05) is 72.3 Å². The molecule has 10 heteroatoms. The van der Waals surface area contributed by atoms with Gasteiger partial charge in [0.25, 0.3) is 0 Å². The predicted molar refractivity (Wildman–Crippen MR) is 151 cm³/mol. The standard InChI is InChI=1S/C28H28N4O4S2/c1-5-13-32-23(15-36-21-8-6-7-19(3)14-21)30-31-28(32)38-17-24(33)29-26-25(27(34)35-4)22(16-37-26)20-11-9-18(2)10-12-20/h5-12,14,16H,1,13,15,17H2,2-4H3,(H,29,33). The predicted octanol–water partition coefficient (Wildman–Crippen LogP) is 5.91. The molecule has 4 rings (SSSR count). The fraction of sp³-hybridized carbons (Fsp3) is 0.214. The summed E-state index contributed by atoms with van der Waals surface area (Å²) in [5, 5.41) is 14.2. The third kappa shape index (κ3) is 6.51. The van der Waals surface area contributed by atoms with Gasteiger partial charge in [-0.3, -0.25) is 9.36 Å². The van der Waals surface area contributed by atoms with Gasteiger partial charge in [0, 0.05) is 17.5 Å². The maximum atomic E-state index is 12.9. The molecule has 0 saturated heterocycles. The number of methoxy groups -OCH3 is 1. The molecule has 8 nitrogen and oxygen atoms in total. The molecule has 0 aliphatic rings. The zero-order valence-corrected chi connectivity index (χ0v) is 23.0. The van der Waals surface area contributed by atoms with E-state index in [2.05, 4.69) is 22.1 Å². The highest BCUT2D eigenvalue weighted by molar-refractivity contribution is 7.99. The molecule has 0 spiro atoms. The molecule has 38 heavy (non-hydrogen) atoms. The first-order valence-electron chi connectivity index (χ1n) is 11.8. The number of esters is 1. The molecule has 2 aromatic heterocycles. The summed E-state index contributed by atoms with van der Waals surface area (Å²) in [4.78, 5) is 25.5. The topological polar surface area (TPSA) is 95.3 Å². The fourth-order valence-electron chi connectivity index (χ4n) is 3.69. The number of thiophene rings is 1. The number of allylic oxidation sites excluding steroid dienone is 1. The summed E-state index contributed by atoms with van der Waals surface area (Å²) in [6, 6.07) is 15.6. The SMILES string of the molecule is C=CCn1c(COc2cccc(C)c2)nnc1SCC(=O)Nc1scc(-c2ccc(C)cc2)c1C(=O)OC. The summed E-state index contributed by atoms with van der Waals surface area (Å²) in [7, 11) is 1.33. The van der Waals surface area contributed by atoms with Crippen molar-refractivity contribution < 1.29 is 19.1 Å². The number of nitrogens with one attached hydrogen (secondary N) is 1. The number of carbonyl (C=O) groups excluding carboxylic acids is 2. The number of aryl methyl sites for hydroxylation is 2. The van der Waals surface area contributed by atoms with Crippen LogP contribution in [0, 0.1) is 13.8 Å². The highest BCUT2D eigenvalue weighted by atomic mass is 32.2. The van der Waals surface area contributed by atoms with E-state index in [1.54, 1.807) is 6.08 Å². The lowest BCUT2D eigenvalue weighted by molar-refractivity contribution is -0.113. The Labute approximate surface area is 229 Å². The number of nitrogens with zero attached hydrogens (tertiary/aromatic N) is 3. The minimum absolute atomic E-state index is 0.0758. The first-order chi connectivity index (χ1) is 18.4. The Hall–Kier alpha value is -3.89. The van der Waals surface area contributed by atoms with E-state index >= 15 is 0 Å². The number of hydrogen-bond donors (Lipinski definition) is 1. The van der Waals surface area contributed by atoms with E-state index in [1.165, 1.54) is 30.2 Å². The normalized spacial score (nSPS) is 10.7. The zero-order chi connectivity index (χ0) is 27.1. The molecule has 0 unspecified atom stereocenters. The lowest BCUT2D eigenvalue weighted by atomic mass is 10.0. The number of carbonyl (C=O) groups is 2. The summed E-state index contributed by atoms with van der Waals surface area (Å²) in [6.45, 7) is 8.52. The molecule has 0 aliphatic heterocycles. The van der Waals surface area contributed by atoms with Crippen molar-refractivity contribution in [3.63, 3.8) is 0 Å².